The second-order valence-corrected chi connectivity index (χ2v) is 4.41. The maximum atomic E-state index is 11.6. The maximum absolute atomic E-state index is 11.6. The molecule has 1 fully saturated rings. The topological polar surface area (TPSA) is 42.2 Å². The summed E-state index contributed by atoms with van der Waals surface area (Å²) in [4.78, 5) is 11.6. The molecule has 4 heteroatoms. The minimum absolute atomic E-state index is 0.0413. The Kier molecular flexibility index (Phi) is 2.63. The highest BCUT2D eigenvalue weighted by atomic mass is 79.9. The molecular formula is C10H12BrNO2. The number of hydrogen-bond donors (Lipinski definition) is 1. The summed E-state index contributed by atoms with van der Waals surface area (Å²) >= 11 is 3.16. The lowest BCUT2D eigenvalue weighted by atomic mass is 10.3. The highest BCUT2D eigenvalue weighted by Crippen LogP contribution is 2.33. The fourth-order valence-electron chi connectivity index (χ4n) is 1.56. The van der Waals surface area contributed by atoms with E-state index in [9.17, 15) is 4.79 Å². The van der Waals surface area contributed by atoms with Gasteiger partial charge in [-0.2, -0.15) is 0 Å². The molecule has 1 N–H and O–H groups in total. The predicted molar refractivity (Wildman–Crippen MR) is 56.1 cm³/mol. The van der Waals surface area contributed by atoms with Crippen LogP contribution in [0.4, 0.5) is 0 Å². The Morgan fingerprint density at radius 2 is 2.57 bits per heavy atom. The van der Waals surface area contributed by atoms with Crippen molar-refractivity contribution in [2.24, 2.45) is 5.92 Å². The SMILES string of the molecule is CCC1CC1NC(=O)c1coc(Br)c1. The van der Waals surface area contributed by atoms with Crippen molar-refractivity contribution in [1.82, 2.24) is 5.32 Å². The average Bonchev–Trinajstić information content (AvgIpc) is 2.77. The number of rotatable bonds is 3. The van der Waals surface area contributed by atoms with Gasteiger partial charge in [-0.1, -0.05) is 13.3 Å². The van der Waals surface area contributed by atoms with Crippen LogP contribution in [-0.2, 0) is 0 Å². The summed E-state index contributed by atoms with van der Waals surface area (Å²) in [7, 11) is 0. The number of furan rings is 1. The summed E-state index contributed by atoms with van der Waals surface area (Å²) in [5.74, 6) is 0.634. The van der Waals surface area contributed by atoms with E-state index in [2.05, 4.69) is 28.2 Å². The molecule has 0 aromatic carbocycles. The van der Waals surface area contributed by atoms with Crippen LogP contribution in [0.3, 0.4) is 0 Å². The molecule has 0 bridgehead atoms. The third-order valence-electron chi connectivity index (χ3n) is 2.59. The van der Waals surface area contributed by atoms with E-state index in [1.165, 1.54) is 6.26 Å². The monoisotopic (exact) mass is 257 g/mol. The highest BCUT2D eigenvalue weighted by Gasteiger charge is 2.36. The summed E-state index contributed by atoms with van der Waals surface area (Å²) in [5.41, 5.74) is 0.582. The van der Waals surface area contributed by atoms with Crippen LogP contribution in [0.25, 0.3) is 0 Å². The van der Waals surface area contributed by atoms with Crippen molar-refractivity contribution in [1.29, 1.82) is 0 Å². The average molecular weight is 258 g/mol. The molecule has 1 aliphatic rings. The van der Waals surface area contributed by atoms with Gasteiger partial charge in [-0.3, -0.25) is 4.79 Å². The van der Waals surface area contributed by atoms with Crippen molar-refractivity contribution in [3.05, 3.63) is 22.6 Å². The first-order valence-electron chi connectivity index (χ1n) is 4.75. The van der Waals surface area contributed by atoms with E-state index in [0.29, 0.717) is 22.2 Å². The van der Waals surface area contributed by atoms with E-state index in [0.717, 1.165) is 12.8 Å². The van der Waals surface area contributed by atoms with Crippen molar-refractivity contribution in [2.45, 2.75) is 25.8 Å². The number of halogens is 1. The minimum atomic E-state index is -0.0413. The maximum Gasteiger partial charge on any atom is 0.254 e. The van der Waals surface area contributed by atoms with Gasteiger partial charge in [-0.05, 0) is 28.3 Å². The summed E-state index contributed by atoms with van der Waals surface area (Å²) in [6.45, 7) is 2.14. The molecule has 14 heavy (non-hydrogen) atoms. The van der Waals surface area contributed by atoms with Crippen LogP contribution >= 0.6 is 15.9 Å². The molecule has 1 saturated carbocycles. The van der Waals surface area contributed by atoms with E-state index in [1.54, 1.807) is 6.07 Å². The van der Waals surface area contributed by atoms with Crippen LogP contribution in [0.2, 0.25) is 0 Å². The largest absolute Gasteiger partial charge is 0.457 e. The van der Waals surface area contributed by atoms with Crippen LogP contribution in [0.5, 0.6) is 0 Å². The van der Waals surface area contributed by atoms with Gasteiger partial charge in [0.15, 0.2) is 4.67 Å². The predicted octanol–water partition coefficient (Wildman–Crippen LogP) is 2.57. The Morgan fingerprint density at radius 3 is 3.07 bits per heavy atom. The first-order valence-corrected chi connectivity index (χ1v) is 5.55. The normalized spacial score (nSPS) is 24.7. The van der Waals surface area contributed by atoms with E-state index < -0.39 is 0 Å². The number of nitrogens with one attached hydrogen (secondary N) is 1. The van der Waals surface area contributed by atoms with Crippen molar-refractivity contribution >= 4 is 21.8 Å². The molecule has 1 amide bonds. The Bertz CT molecular complexity index is 348. The molecule has 1 aromatic heterocycles. The molecule has 0 saturated heterocycles. The second-order valence-electron chi connectivity index (χ2n) is 3.62. The van der Waals surface area contributed by atoms with Gasteiger partial charge in [0.1, 0.15) is 6.26 Å². The molecular weight excluding hydrogens is 246 g/mol. The standard InChI is InChI=1S/C10H12BrNO2/c1-2-6-3-8(6)12-10(13)7-4-9(11)14-5-7/h4-6,8H,2-3H2,1H3,(H,12,13). The lowest BCUT2D eigenvalue weighted by Crippen LogP contribution is -2.26. The molecule has 0 aliphatic heterocycles. The van der Waals surface area contributed by atoms with Crippen LogP contribution in [0.15, 0.2) is 21.4 Å². The molecule has 1 aromatic rings. The number of carbonyl (C=O) groups is 1. The zero-order chi connectivity index (χ0) is 10.1. The quantitative estimate of drug-likeness (QED) is 0.905. The molecule has 3 nitrogen and oxygen atoms in total. The Morgan fingerprint density at radius 1 is 1.79 bits per heavy atom. The molecule has 2 atom stereocenters. The summed E-state index contributed by atoms with van der Waals surface area (Å²) in [6.07, 6.45) is 3.71. The molecule has 2 rings (SSSR count). The van der Waals surface area contributed by atoms with Gasteiger partial charge < -0.3 is 9.73 Å². The van der Waals surface area contributed by atoms with E-state index in [4.69, 9.17) is 4.42 Å². The fourth-order valence-corrected chi connectivity index (χ4v) is 1.90. The first-order chi connectivity index (χ1) is 6.70. The molecule has 0 spiro atoms. The van der Waals surface area contributed by atoms with Gasteiger partial charge in [-0.15, -0.1) is 0 Å². The van der Waals surface area contributed by atoms with Crippen molar-refractivity contribution < 1.29 is 9.21 Å². The molecule has 1 heterocycles. The highest BCUT2D eigenvalue weighted by molar-refractivity contribution is 9.10. The summed E-state index contributed by atoms with van der Waals surface area (Å²) in [6, 6.07) is 2.06. The first kappa shape index (κ1) is 9.77. The Balaban J connectivity index is 1.91. The zero-order valence-corrected chi connectivity index (χ0v) is 9.50. The zero-order valence-electron chi connectivity index (χ0n) is 7.92. The molecule has 1 aliphatic carbocycles. The smallest absolute Gasteiger partial charge is 0.254 e. The third kappa shape index (κ3) is 2.00. The van der Waals surface area contributed by atoms with Gasteiger partial charge in [0.05, 0.1) is 5.56 Å². The van der Waals surface area contributed by atoms with Crippen molar-refractivity contribution in [3.8, 4) is 0 Å². The van der Waals surface area contributed by atoms with E-state index in [-0.39, 0.29) is 5.91 Å². The van der Waals surface area contributed by atoms with Crippen LogP contribution in [0.1, 0.15) is 30.1 Å². The van der Waals surface area contributed by atoms with Gasteiger partial charge in [-0.25, -0.2) is 0 Å². The fraction of sp³-hybridized carbons (Fsp3) is 0.500. The van der Waals surface area contributed by atoms with E-state index >= 15 is 0 Å². The molecule has 0 radical (unpaired) electrons. The van der Waals surface area contributed by atoms with Crippen LogP contribution < -0.4 is 5.32 Å². The van der Waals surface area contributed by atoms with Gasteiger partial charge in [0.2, 0.25) is 0 Å². The van der Waals surface area contributed by atoms with Crippen LogP contribution in [-0.4, -0.2) is 11.9 Å². The molecule has 76 valence electrons. The van der Waals surface area contributed by atoms with Crippen molar-refractivity contribution in [2.75, 3.05) is 0 Å². The second kappa shape index (κ2) is 3.77. The Labute approximate surface area is 91.0 Å². The number of amides is 1. The molecule has 2 unspecified atom stereocenters. The summed E-state index contributed by atoms with van der Waals surface area (Å²) in [5, 5.41) is 2.96. The summed E-state index contributed by atoms with van der Waals surface area (Å²) < 4.78 is 5.59. The third-order valence-corrected chi connectivity index (χ3v) is 3.01. The van der Waals surface area contributed by atoms with Crippen LogP contribution in [0, 0.1) is 5.92 Å². The lowest BCUT2D eigenvalue weighted by molar-refractivity contribution is 0.0948. The number of hydrogen-bond acceptors (Lipinski definition) is 2. The van der Waals surface area contributed by atoms with E-state index in [1.807, 2.05) is 0 Å². The number of carbonyl (C=O) groups excluding carboxylic acids is 1. The van der Waals surface area contributed by atoms with Gasteiger partial charge in [0, 0.05) is 12.1 Å². The Hall–Kier alpha value is -0.770. The van der Waals surface area contributed by atoms with Gasteiger partial charge in [0.25, 0.3) is 5.91 Å². The van der Waals surface area contributed by atoms with Crippen molar-refractivity contribution in [3.63, 3.8) is 0 Å². The minimum Gasteiger partial charge on any atom is -0.457 e. The lowest BCUT2D eigenvalue weighted by Gasteiger charge is -2.00. The van der Waals surface area contributed by atoms with Gasteiger partial charge >= 0.3 is 0 Å².